The van der Waals surface area contributed by atoms with E-state index in [0.717, 1.165) is 22.0 Å². The van der Waals surface area contributed by atoms with Gasteiger partial charge >= 0.3 is 5.97 Å². The van der Waals surface area contributed by atoms with Gasteiger partial charge in [0.2, 0.25) is 11.7 Å². The Morgan fingerprint density at radius 1 is 1.03 bits per heavy atom. The molecule has 0 fully saturated rings. The Labute approximate surface area is 172 Å². The van der Waals surface area contributed by atoms with E-state index in [1.54, 1.807) is 12.3 Å². The molecule has 4 rings (SSSR count). The smallest absolute Gasteiger partial charge is 0.371 e. The summed E-state index contributed by atoms with van der Waals surface area (Å²) in [5.74, 6) is -0.854. The van der Waals surface area contributed by atoms with Gasteiger partial charge in [-0.05, 0) is 23.8 Å². The first-order valence-electron chi connectivity index (χ1n) is 9.36. The third-order valence-corrected chi connectivity index (χ3v) is 4.62. The molecular weight excluding hydrogens is 382 g/mol. The first-order chi connectivity index (χ1) is 14.6. The number of benzene rings is 2. The SMILES string of the molecule is O=C(Cc1ccccc1)NN=Cc1cn(Cc2ccc(C(=O)O)o2)c2ccccc12. The van der Waals surface area contributed by atoms with Crippen LogP contribution in [0.2, 0.25) is 0 Å². The van der Waals surface area contributed by atoms with Crippen LogP contribution in [0.25, 0.3) is 10.9 Å². The average molecular weight is 401 g/mol. The topological polar surface area (TPSA) is 96.8 Å². The molecule has 150 valence electrons. The summed E-state index contributed by atoms with van der Waals surface area (Å²) in [5.41, 5.74) is 5.25. The van der Waals surface area contributed by atoms with Gasteiger partial charge in [-0.3, -0.25) is 4.79 Å². The Bertz CT molecular complexity index is 1220. The zero-order chi connectivity index (χ0) is 20.9. The van der Waals surface area contributed by atoms with Crippen molar-refractivity contribution < 1.29 is 19.1 Å². The van der Waals surface area contributed by atoms with Gasteiger partial charge in [-0.1, -0.05) is 48.5 Å². The Morgan fingerprint density at radius 2 is 1.80 bits per heavy atom. The molecule has 0 aliphatic heterocycles. The Hall–Kier alpha value is -4.13. The highest BCUT2D eigenvalue weighted by Crippen LogP contribution is 2.22. The van der Waals surface area contributed by atoms with Crippen molar-refractivity contribution in [2.75, 3.05) is 0 Å². The maximum atomic E-state index is 12.1. The van der Waals surface area contributed by atoms with Crippen LogP contribution in [0, 0.1) is 0 Å². The minimum Gasteiger partial charge on any atom is -0.475 e. The van der Waals surface area contributed by atoms with Gasteiger partial charge in [-0.25, -0.2) is 10.2 Å². The molecule has 2 aromatic heterocycles. The van der Waals surface area contributed by atoms with Crippen molar-refractivity contribution in [2.24, 2.45) is 5.10 Å². The summed E-state index contributed by atoms with van der Waals surface area (Å²) in [6.45, 7) is 0.377. The van der Waals surface area contributed by atoms with Crippen molar-refractivity contribution in [1.82, 2.24) is 9.99 Å². The molecule has 2 heterocycles. The quantitative estimate of drug-likeness (QED) is 0.365. The number of carbonyl (C=O) groups is 2. The number of aromatic carboxylic acids is 1. The minimum atomic E-state index is -1.10. The van der Waals surface area contributed by atoms with Gasteiger partial charge < -0.3 is 14.1 Å². The Morgan fingerprint density at radius 3 is 2.57 bits per heavy atom. The van der Waals surface area contributed by atoms with Crippen LogP contribution in [0.4, 0.5) is 0 Å². The maximum absolute atomic E-state index is 12.1. The van der Waals surface area contributed by atoms with Gasteiger partial charge in [0, 0.05) is 22.7 Å². The summed E-state index contributed by atoms with van der Waals surface area (Å²) < 4.78 is 7.32. The van der Waals surface area contributed by atoms with Crippen molar-refractivity contribution in [1.29, 1.82) is 0 Å². The van der Waals surface area contributed by atoms with Crippen molar-refractivity contribution in [3.63, 3.8) is 0 Å². The third-order valence-electron chi connectivity index (χ3n) is 4.62. The normalized spacial score (nSPS) is 11.2. The number of carboxylic acid groups (broad SMARTS) is 1. The highest BCUT2D eigenvalue weighted by molar-refractivity contribution is 5.99. The number of aromatic nitrogens is 1. The second-order valence-electron chi connectivity index (χ2n) is 6.76. The number of hydrogen-bond donors (Lipinski definition) is 2. The predicted molar refractivity (Wildman–Crippen MR) is 113 cm³/mol. The molecule has 0 saturated carbocycles. The van der Waals surface area contributed by atoms with Gasteiger partial charge in [-0.15, -0.1) is 0 Å². The molecule has 7 nitrogen and oxygen atoms in total. The molecule has 7 heteroatoms. The number of hydrogen-bond acceptors (Lipinski definition) is 4. The van der Waals surface area contributed by atoms with Crippen LogP contribution in [0.1, 0.15) is 27.4 Å². The van der Waals surface area contributed by atoms with Crippen LogP contribution >= 0.6 is 0 Å². The van der Waals surface area contributed by atoms with Crippen LogP contribution in [-0.2, 0) is 17.8 Å². The highest BCUT2D eigenvalue weighted by atomic mass is 16.4. The monoisotopic (exact) mass is 401 g/mol. The molecule has 0 atom stereocenters. The molecule has 0 aliphatic rings. The van der Waals surface area contributed by atoms with E-state index in [0.29, 0.717) is 12.3 Å². The summed E-state index contributed by atoms with van der Waals surface area (Å²) in [6, 6.07) is 20.3. The number of amides is 1. The fourth-order valence-electron chi connectivity index (χ4n) is 3.25. The number of nitrogens with zero attached hydrogens (tertiary/aromatic N) is 2. The molecule has 0 spiro atoms. The largest absolute Gasteiger partial charge is 0.475 e. The minimum absolute atomic E-state index is 0.0932. The van der Waals surface area contributed by atoms with E-state index in [2.05, 4.69) is 10.5 Å². The number of carboxylic acids is 1. The molecule has 4 aromatic rings. The lowest BCUT2D eigenvalue weighted by molar-refractivity contribution is -0.120. The summed E-state index contributed by atoms with van der Waals surface area (Å²) in [4.78, 5) is 23.1. The van der Waals surface area contributed by atoms with Gasteiger partial charge in [-0.2, -0.15) is 5.10 Å². The van der Waals surface area contributed by atoms with Crippen LogP contribution in [-0.4, -0.2) is 27.8 Å². The molecule has 0 saturated heterocycles. The summed E-state index contributed by atoms with van der Waals surface area (Å²) in [7, 11) is 0. The van der Waals surface area contributed by atoms with Gasteiger partial charge in [0.05, 0.1) is 19.2 Å². The lowest BCUT2D eigenvalue weighted by Gasteiger charge is -2.02. The van der Waals surface area contributed by atoms with Crippen LogP contribution in [0.3, 0.4) is 0 Å². The fraction of sp³-hybridized carbons (Fsp3) is 0.0870. The molecule has 0 radical (unpaired) electrons. The maximum Gasteiger partial charge on any atom is 0.371 e. The van der Waals surface area contributed by atoms with Gasteiger partial charge in [0.1, 0.15) is 5.76 Å². The van der Waals surface area contributed by atoms with E-state index in [4.69, 9.17) is 9.52 Å². The number of carbonyl (C=O) groups excluding carboxylic acids is 1. The van der Waals surface area contributed by atoms with E-state index < -0.39 is 5.97 Å². The number of rotatable bonds is 7. The molecule has 2 aromatic carbocycles. The molecule has 0 aliphatic carbocycles. The third kappa shape index (κ3) is 4.30. The zero-order valence-electron chi connectivity index (χ0n) is 16.0. The lowest BCUT2D eigenvalue weighted by atomic mass is 10.1. The zero-order valence-corrected chi connectivity index (χ0v) is 16.0. The molecule has 30 heavy (non-hydrogen) atoms. The second kappa shape index (κ2) is 8.48. The molecule has 1 amide bonds. The fourth-order valence-corrected chi connectivity index (χ4v) is 3.25. The predicted octanol–water partition coefficient (Wildman–Crippen LogP) is 3.67. The number of para-hydroxylation sites is 1. The van der Waals surface area contributed by atoms with Crippen molar-refractivity contribution in [3.8, 4) is 0 Å². The van der Waals surface area contributed by atoms with Crippen molar-refractivity contribution in [3.05, 3.63) is 95.6 Å². The van der Waals surface area contributed by atoms with Crippen molar-refractivity contribution >= 4 is 29.0 Å². The van der Waals surface area contributed by atoms with Crippen LogP contribution < -0.4 is 5.43 Å². The standard InChI is InChI=1S/C23H19N3O4/c27-22(12-16-6-2-1-3-7-16)25-24-13-17-14-26(20-9-5-4-8-19(17)20)15-18-10-11-21(30-18)23(28)29/h1-11,13-14H,12,15H2,(H,25,27)(H,28,29). The second-order valence-corrected chi connectivity index (χ2v) is 6.76. The summed E-state index contributed by atoms with van der Waals surface area (Å²) >= 11 is 0. The van der Waals surface area contributed by atoms with E-state index in [1.165, 1.54) is 6.07 Å². The number of fused-ring (bicyclic) bond motifs is 1. The summed E-state index contributed by atoms with van der Waals surface area (Å²) in [6.07, 6.45) is 3.75. The molecule has 0 unspecified atom stereocenters. The highest BCUT2D eigenvalue weighted by Gasteiger charge is 2.12. The molecule has 2 N–H and O–H groups in total. The first kappa shape index (κ1) is 19.2. The van der Waals surface area contributed by atoms with Crippen molar-refractivity contribution in [2.45, 2.75) is 13.0 Å². The van der Waals surface area contributed by atoms with Crippen LogP contribution in [0.15, 0.2) is 82.4 Å². The Kier molecular flexibility index (Phi) is 5.43. The average Bonchev–Trinajstić information content (AvgIpc) is 3.35. The lowest BCUT2D eigenvalue weighted by Crippen LogP contribution is -2.19. The van der Waals surface area contributed by atoms with Gasteiger partial charge in [0.25, 0.3) is 0 Å². The van der Waals surface area contributed by atoms with E-state index >= 15 is 0 Å². The molecule has 0 bridgehead atoms. The number of nitrogens with one attached hydrogen (secondary N) is 1. The summed E-state index contributed by atoms with van der Waals surface area (Å²) in [5, 5.41) is 14.1. The number of hydrazone groups is 1. The van der Waals surface area contributed by atoms with Crippen LogP contribution in [0.5, 0.6) is 0 Å². The first-order valence-corrected chi connectivity index (χ1v) is 9.36. The van der Waals surface area contributed by atoms with Gasteiger partial charge in [0.15, 0.2) is 0 Å². The Balaban J connectivity index is 1.50. The van der Waals surface area contributed by atoms with E-state index in [1.807, 2.05) is 65.4 Å². The van der Waals surface area contributed by atoms with E-state index in [-0.39, 0.29) is 18.1 Å². The van der Waals surface area contributed by atoms with E-state index in [9.17, 15) is 9.59 Å². The molecular formula is C23H19N3O4. The number of furan rings is 1.